The Kier molecular flexibility index (Phi) is 6.05. The zero-order chi connectivity index (χ0) is 22.8. The number of piperidine rings is 1. The first-order valence-corrected chi connectivity index (χ1v) is 11.7. The molecule has 1 fully saturated rings. The van der Waals surface area contributed by atoms with Crippen LogP contribution in [0.4, 0.5) is 0 Å². The smallest absolute Gasteiger partial charge is 0.256 e. The molecule has 2 aliphatic rings. The highest BCUT2D eigenvalue weighted by atomic mass is 16.2. The van der Waals surface area contributed by atoms with E-state index in [0.717, 1.165) is 49.6 Å². The van der Waals surface area contributed by atoms with E-state index in [1.165, 1.54) is 5.56 Å². The molecule has 1 aromatic carbocycles. The number of aromatic amines is 1. The maximum atomic E-state index is 12.9. The number of H-pyrrole nitrogens is 1. The predicted octanol–water partition coefficient (Wildman–Crippen LogP) is 3.05. The van der Waals surface area contributed by atoms with Crippen molar-refractivity contribution in [3.8, 4) is 0 Å². The van der Waals surface area contributed by atoms with E-state index in [1.54, 1.807) is 4.90 Å². The molecule has 2 aliphatic heterocycles. The van der Waals surface area contributed by atoms with Gasteiger partial charge in [0.2, 0.25) is 0 Å². The molecular formula is C26H29N5O2. The summed E-state index contributed by atoms with van der Waals surface area (Å²) in [6.07, 6.45) is 6.24. The largest absolute Gasteiger partial charge is 0.334 e. The van der Waals surface area contributed by atoms with Gasteiger partial charge in [-0.25, -0.2) is 4.98 Å². The van der Waals surface area contributed by atoms with Crippen LogP contribution >= 0.6 is 0 Å². The van der Waals surface area contributed by atoms with Gasteiger partial charge < -0.3 is 9.88 Å². The lowest BCUT2D eigenvalue weighted by Crippen LogP contribution is -2.40. The Labute approximate surface area is 193 Å². The monoisotopic (exact) mass is 443 g/mol. The molecule has 1 N–H and O–H groups in total. The van der Waals surface area contributed by atoms with E-state index < -0.39 is 0 Å². The van der Waals surface area contributed by atoms with Crippen molar-refractivity contribution in [2.45, 2.75) is 45.2 Å². The quantitative estimate of drug-likeness (QED) is 0.670. The normalized spacial score (nSPS) is 17.1. The standard InChI is InChI=1S/C26H29N5O2/c1-18-2-4-21(5-3-18)26(33)31-15-10-23-22(17-31)25(32)29-24(28-23)20-8-13-30(14-9-20)16-19-6-11-27-12-7-19/h2-7,11-12,20H,8-10,13-17H2,1H3,(H,28,29,32). The number of pyridine rings is 1. The van der Waals surface area contributed by atoms with E-state index in [0.29, 0.717) is 30.6 Å². The highest BCUT2D eigenvalue weighted by molar-refractivity contribution is 5.94. The highest BCUT2D eigenvalue weighted by Gasteiger charge is 2.28. The minimum absolute atomic E-state index is 0.0364. The number of amides is 1. The SMILES string of the molecule is Cc1ccc(C(=O)N2CCc3nc(C4CCN(Cc5ccncc5)CC4)[nH]c(=O)c3C2)cc1. The van der Waals surface area contributed by atoms with E-state index in [9.17, 15) is 9.59 Å². The lowest BCUT2D eigenvalue weighted by atomic mass is 9.95. The molecule has 7 nitrogen and oxygen atoms in total. The zero-order valence-corrected chi connectivity index (χ0v) is 19.0. The van der Waals surface area contributed by atoms with Crippen molar-refractivity contribution in [3.63, 3.8) is 0 Å². The number of carbonyl (C=O) groups excluding carboxylic acids is 1. The Bertz CT molecular complexity index is 1180. The van der Waals surface area contributed by atoms with E-state index in [-0.39, 0.29) is 17.4 Å². The van der Waals surface area contributed by atoms with Gasteiger partial charge >= 0.3 is 0 Å². The van der Waals surface area contributed by atoms with Crippen molar-refractivity contribution in [1.29, 1.82) is 0 Å². The fraction of sp³-hybridized carbons (Fsp3) is 0.385. The van der Waals surface area contributed by atoms with E-state index in [2.05, 4.69) is 27.0 Å². The molecule has 0 saturated carbocycles. The van der Waals surface area contributed by atoms with Crippen molar-refractivity contribution >= 4 is 5.91 Å². The molecule has 0 unspecified atom stereocenters. The molecule has 5 rings (SSSR count). The number of nitrogens with zero attached hydrogens (tertiary/aromatic N) is 4. The lowest BCUT2D eigenvalue weighted by Gasteiger charge is -2.32. The molecule has 0 aliphatic carbocycles. The third kappa shape index (κ3) is 4.73. The van der Waals surface area contributed by atoms with Crippen LogP contribution < -0.4 is 5.56 Å². The van der Waals surface area contributed by atoms with Crippen molar-refractivity contribution < 1.29 is 4.79 Å². The topological polar surface area (TPSA) is 82.2 Å². The molecule has 0 atom stereocenters. The third-order valence-corrected chi connectivity index (χ3v) is 6.80. The Morgan fingerprint density at radius 1 is 1.06 bits per heavy atom. The number of hydrogen-bond donors (Lipinski definition) is 1. The molecule has 0 bridgehead atoms. The molecule has 7 heteroatoms. The van der Waals surface area contributed by atoms with Crippen molar-refractivity contribution in [2.75, 3.05) is 19.6 Å². The van der Waals surface area contributed by atoms with Crippen LogP contribution in [0.1, 0.15) is 57.3 Å². The number of hydrogen-bond acceptors (Lipinski definition) is 5. The molecule has 33 heavy (non-hydrogen) atoms. The molecule has 1 amide bonds. The van der Waals surface area contributed by atoms with Gasteiger partial charge in [0.25, 0.3) is 11.5 Å². The summed E-state index contributed by atoms with van der Waals surface area (Å²) in [5, 5.41) is 0. The summed E-state index contributed by atoms with van der Waals surface area (Å²) in [5.41, 5.74) is 4.42. The second kappa shape index (κ2) is 9.27. The summed E-state index contributed by atoms with van der Waals surface area (Å²) in [4.78, 5) is 42.0. The van der Waals surface area contributed by atoms with Crippen molar-refractivity contribution in [2.24, 2.45) is 0 Å². The molecule has 4 heterocycles. The Morgan fingerprint density at radius 3 is 2.52 bits per heavy atom. The molecule has 0 spiro atoms. The number of benzene rings is 1. The first-order valence-electron chi connectivity index (χ1n) is 11.7. The molecular weight excluding hydrogens is 414 g/mol. The van der Waals surface area contributed by atoms with Crippen LogP contribution in [0.15, 0.2) is 53.6 Å². The van der Waals surface area contributed by atoms with Crippen LogP contribution in [0.25, 0.3) is 0 Å². The zero-order valence-electron chi connectivity index (χ0n) is 19.0. The minimum Gasteiger partial charge on any atom is -0.334 e. The molecule has 3 aromatic rings. The lowest BCUT2D eigenvalue weighted by molar-refractivity contribution is 0.0732. The Balaban J connectivity index is 1.25. The van der Waals surface area contributed by atoms with Gasteiger partial charge in [-0.3, -0.25) is 19.5 Å². The number of likely N-dealkylation sites (tertiary alicyclic amines) is 1. The molecule has 170 valence electrons. The number of carbonyl (C=O) groups is 1. The van der Waals surface area contributed by atoms with Gasteiger partial charge in [0.15, 0.2) is 0 Å². The summed E-state index contributed by atoms with van der Waals surface area (Å²) in [6, 6.07) is 11.7. The van der Waals surface area contributed by atoms with Gasteiger partial charge in [0, 0.05) is 43.4 Å². The number of rotatable bonds is 4. The van der Waals surface area contributed by atoms with Crippen molar-refractivity contribution in [1.82, 2.24) is 24.8 Å². The van der Waals surface area contributed by atoms with Gasteiger partial charge in [0.05, 0.1) is 17.8 Å². The number of aromatic nitrogens is 3. The second-order valence-corrected chi connectivity index (χ2v) is 9.13. The first kappa shape index (κ1) is 21.5. The second-order valence-electron chi connectivity index (χ2n) is 9.13. The van der Waals surface area contributed by atoms with Crippen LogP contribution in [-0.2, 0) is 19.5 Å². The van der Waals surface area contributed by atoms with Gasteiger partial charge in [0.1, 0.15) is 5.82 Å². The maximum absolute atomic E-state index is 12.9. The minimum atomic E-state index is -0.101. The third-order valence-electron chi connectivity index (χ3n) is 6.80. The van der Waals surface area contributed by atoms with Gasteiger partial charge in [-0.15, -0.1) is 0 Å². The van der Waals surface area contributed by atoms with Crippen LogP contribution in [0.3, 0.4) is 0 Å². The maximum Gasteiger partial charge on any atom is 0.256 e. The van der Waals surface area contributed by atoms with Gasteiger partial charge in [-0.05, 0) is 62.7 Å². The molecule has 0 radical (unpaired) electrons. The summed E-state index contributed by atoms with van der Waals surface area (Å²) in [7, 11) is 0. The molecule has 1 saturated heterocycles. The van der Waals surface area contributed by atoms with Crippen molar-refractivity contribution in [3.05, 3.63) is 92.9 Å². The Hall–Kier alpha value is -3.32. The fourth-order valence-electron chi connectivity index (χ4n) is 4.80. The number of aryl methyl sites for hydroxylation is 1. The van der Waals surface area contributed by atoms with Gasteiger partial charge in [-0.2, -0.15) is 0 Å². The predicted molar refractivity (Wildman–Crippen MR) is 126 cm³/mol. The highest BCUT2D eigenvalue weighted by Crippen LogP contribution is 2.27. The van der Waals surface area contributed by atoms with E-state index in [4.69, 9.17) is 4.98 Å². The van der Waals surface area contributed by atoms with Crippen LogP contribution in [0, 0.1) is 6.92 Å². The average Bonchev–Trinajstić information content (AvgIpc) is 2.85. The summed E-state index contributed by atoms with van der Waals surface area (Å²) in [5.74, 6) is 1.04. The van der Waals surface area contributed by atoms with Crippen LogP contribution in [0.5, 0.6) is 0 Å². The van der Waals surface area contributed by atoms with Crippen LogP contribution in [-0.4, -0.2) is 50.3 Å². The molecule has 2 aromatic heterocycles. The van der Waals surface area contributed by atoms with Gasteiger partial charge in [-0.1, -0.05) is 17.7 Å². The number of nitrogens with one attached hydrogen (secondary N) is 1. The fourth-order valence-corrected chi connectivity index (χ4v) is 4.80. The summed E-state index contributed by atoms with van der Waals surface area (Å²) in [6.45, 7) is 5.78. The Morgan fingerprint density at radius 2 is 1.79 bits per heavy atom. The van der Waals surface area contributed by atoms with Crippen LogP contribution in [0.2, 0.25) is 0 Å². The average molecular weight is 444 g/mol. The first-order chi connectivity index (χ1) is 16.1. The van der Waals surface area contributed by atoms with E-state index in [1.807, 2.05) is 43.6 Å². The summed E-state index contributed by atoms with van der Waals surface area (Å²) >= 11 is 0. The number of fused-ring (bicyclic) bond motifs is 1. The summed E-state index contributed by atoms with van der Waals surface area (Å²) < 4.78 is 0. The van der Waals surface area contributed by atoms with E-state index >= 15 is 0 Å².